The lowest BCUT2D eigenvalue weighted by molar-refractivity contribution is 0.518. The molecule has 3 rings (SSSR count). The summed E-state index contributed by atoms with van der Waals surface area (Å²) in [6.45, 7) is 1.92. The van der Waals surface area contributed by atoms with Crippen LogP contribution in [0.1, 0.15) is 5.56 Å². The van der Waals surface area contributed by atoms with Gasteiger partial charge >= 0.3 is 5.63 Å². The molecule has 0 N–H and O–H groups in total. The fourth-order valence-corrected chi connectivity index (χ4v) is 1.86. The third-order valence-electron chi connectivity index (χ3n) is 2.79. The molecule has 0 unspecified atom stereocenters. The standard InChI is InChI=1S/C14H10N2O2/c1-9-3-2-4-11-12(9)16-13(18-14(11)17)10-5-7-15-8-6-10/h2-8H,1H3. The van der Waals surface area contributed by atoms with Crippen molar-refractivity contribution in [2.45, 2.75) is 6.92 Å². The van der Waals surface area contributed by atoms with Crippen LogP contribution in [0.3, 0.4) is 0 Å². The normalized spacial score (nSPS) is 10.7. The Morgan fingerprint density at radius 1 is 1.11 bits per heavy atom. The second kappa shape index (κ2) is 4.07. The number of benzene rings is 1. The summed E-state index contributed by atoms with van der Waals surface area (Å²) in [5.74, 6) is 0.323. The Morgan fingerprint density at radius 2 is 1.89 bits per heavy atom. The molecule has 4 heteroatoms. The first kappa shape index (κ1) is 10.7. The number of rotatable bonds is 1. The summed E-state index contributed by atoms with van der Waals surface area (Å²) in [6, 6.07) is 8.98. The van der Waals surface area contributed by atoms with Crippen LogP contribution in [0.2, 0.25) is 0 Å². The summed E-state index contributed by atoms with van der Waals surface area (Å²) in [5, 5.41) is 0.507. The Bertz CT molecular complexity index is 764. The van der Waals surface area contributed by atoms with E-state index in [2.05, 4.69) is 9.97 Å². The van der Waals surface area contributed by atoms with Crippen LogP contribution >= 0.6 is 0 Å². The lowest BCUT2D eigenvalue weighted by Gasteiger charge is -2.03. The number of hydrogen-bond donors (Lipinski definition) is 0. The highest BCUT2D eigenvalue weighted by Gasteiger charge is 2.09. The van der Waals surface area contributed by atoms with Gasteiger partial charge in [-0.3, -0.25) is 4.98 Å². The van der Waals surface area contributed by atoms with Crippen LogP contribution in [-0.4, -0.2) is 9.97 Å². The minimum Gasteiger partial charge on any atom is -0.403 e. The molecule has 2 aromatic heterocycles. The molecular weight excluding hydrogens is 228 g/mol. The molecule has 0 fully saturated rings. The molecule has 0 aliphatic heterocycles. The van der Waals surface area contributed by atoms with Gasteiger partial charge < -0.3 is 4.42 Å². The van der Waals surface area contributed by atoms with Gasteiger partial charge in [-0.25, -0.2) is 9.78 Å². The van der Waals surface area contributed by atoms with Crippen LogP contribution in [0.5, 0.6) is 0 Å². The van der Waals surface area contributed by atoms with E-state index in [1.807, 2.05) is 19.1 Å². The summed E-state index contributed by atoms with van der Waals surface area (Å²) < 4.78 is 5.24. The molecule has 0 aliphatic carbocycles. The third-order valence-corrected chi connectivity index (χ3v) is 2.79. The molecule has 4 nitrogen and oxygen atoms in total. The van der Waals surface area contributed by atoms with Crippen molar-refractivity contribution in [3.05, 3.63) is 58.7 Å². The summed E-state index contributed by atoms with van der Waals surface area (Å²) in [5.41, 5.74) is 2.01. The first-order valence-corrected chi connectivity index (χ1v) is 5.56. The van der Waals surface area contributed by atoms with E-state index in [0.29, 0.717) is 16.8 Å². The molecule has 0 saturated carbocycles. The number of fused-ring (bicyclic) bond motifs is 1. The third kappa shape index (κ3) is 1.68. The minimum absolute atomic E-state index is 0.323. The molecule has 1 aromatic carbocycles. The first-order valence-electron chi connectivity index (χ1n) is 5.56. The number of hydrogen-bond acceptors (Lipinski definition) is 4. The van der Waals surface area contributed by atoms with Crippen molar-refractivity contribution in [3.63, 3.8) is 0 Å². The maximum Gasteiger partial charge on any atom is 0.347 e. The zero-order valence-corrected chi connectivity index (χ0v) is 9.75. The van der Waals surface area contributed by atoms with Crippen LogP contribution in [0.4, 0.5) is 0 Å². The smallest absolute Gasteiger partial charge is 0.347 e. The average molecular weight is 238 g/mol. The van der Waals surface area contributed by atoms with Gasteiger partial charge in [0.15, 0.2) is 0 Å². The monoisotopic (exact) mass is 238 g/mol. The predicted molar refractivity (Wildman–Crippen MR) is 68.2 cm³/mol. The van der Waals surface area contributed by atoms with Crippen LogP contribution in [-0.2, 0) is 0 Å². The summed E-state index contributed by atoms with van der Waals surface area (Å²) in [4.78, 5) is 20.2. The van der Waals surface area contributed by atoms with Crippen LogP contribution in [0.25, 0.3) is 22.4 Å². The van der Waals surface area contributed by atoms with Crippen molar-refractivity contribution in [2.24, 2.45) is 0 Å². The van der Waals surface area contributed by atoms with Gasteiger partial charge in [0.05, 0.1) is 10.9 Å². The van der Waals surface area contributed by atoms with E-state index in [-0.39, 0.29) is 5.63 Å². The second-order valence-corrected chi connectivity index (χ2v) is 4.01. The lowest BCUT2D eigenvalue weighted by Crippen LogP contribution is -2.03. The zero-order valence-electron chi connectivity index (χ0n) is 9.75. The fraction of sp³-hybridized carbons (Fsp3) is 0.0714. The van der Waals surface area contributed by atoms with Gasteiger partial charge in [0, 0.05) is 18.0 Å². The SMILES string of the molecule is Cc1cccc2c(=O)oc(-c3ccncc3)nc12. The highest BCUT2D eigenvalue weighted by Crippen LogP contribution is 2.19. The van der Waals surface area contributed by atoms with Gasteiger partial charge in [0.2, 0.25) is 5.89 Å². The Balaban J connectivity index is 2.34. The molecule has 0 aliphatic rings. The molecule has 0 spiro atoms. The topological polar surface area (TPSA) is 56.0 Å². The van der Waals surface area contributed by atoms with Gasteiger partial charge in [-0.05, 0) is 30.7 Å². The highest BCUT2D eigenvalue weighted by molar-refractivity contribution is 5.81. The van der Waals surface area contributed by atoms with E-state index in [1.54, 1.807) is 30.6 Å². The Labute approximate surface area is 103 Å². The predicted octanol–water partition coefficient (Wildman–Crippen LogP) is 2.56. The first-order chi connectivity index (χ1) is 8.75. The van der Waals surface area contributed by atoms with Crippen molar-refractivity contribution >= 4 is 10.9 Å². The fourth-order valence-electron chi connectivity index (χ4n) is 1.86. The molecule has 3 aromatic rings. The molecular formula is C14H10N2O2. The van der Waals surface area contributed by atoms with Crippen LogP contribution < -0.4 is 5.63 Å². The van der Waals surface area contributed by atoms with Crippen molar-refractivity contribution in [1.82, 2.24) is 9.97 Å². The molecule has 18 heavy (non-hydrogen) atoms. The number of aryl methyl sites for hydroxylation is 1. The van der Waals surface area contributed by atoms with Gasteiger partial charge in [-0.15, -0.1) is 0 Å². The van der Waals surface area contributed by atoms with Gasteiger partial charge in [-0.2, -0.15) is 0 Å². The summed E-state index contributed by atoms with van der Waals surface area (Å²) in [7, 11) is 0. The van der Waals surface area contributed by atoms with E-state index in [9.17, 15) is 4.79 Å². The number of pyridine rings is 1. The van der Waals surface area contributed by atoms with Crippen molar-refractivity contribution in [1.29, 1.82) is 0 Å². The van der Waals surface area contributed by atoms with Crippen molar-refractivity contribution < 1.29 is 4.42 Å². The largest absolute Gasteiger partial charge is 0.403 e. The quantitative estimate of drug-likeness (QED) is 0.653. The number of aromatic nitrogens is 2. The van der Waals surface area contributed by atoms with E-state index < -0.39 is 0 Å². The van der Waals surface area contributed by atoms with E-state index >= 15 is 0 Å². The van der Waals surface area contributed by atoms with Crippen molar-refractivity contribution in [3.8, 4) is 11.5 Å². The van der Waals surface area contributed by atoms with E-state index in [4.69, 9.17) is 4.42 Å². The van der Waals surface area contributed by atoms with E-state index in [1.165, 1.54) is 0 Å². The van der Waals surface area contributed by atoms with Crippen LogP contribution in [0, 0.1) is 6.92 Å². The zero-order chi connectivity index (χ0) is 12.5. The molecule has 0 radical (unpaired) electrons. The van der Waals surface area contributed by atoms with Crippen LogP contribution in [0.15, 0.2) is 51.9 Å². The minimum atomic E-state index is -0.365. The highest BCUT2D eigenvalue weighted by atomic mass is 16.4. The van der Waals surface area contributed by atoms with E-state index in [0.717, 1.165) is 11.1 Å². The molecule has 0 saturated heterocycles. The number of nitrogens with zero attached hydrogens (tertiary/aromatic N) is 2. The molecule has 0 amide bonds. The molecule has 0 bridgehead atoms. The Kier molecular flexibility index (Phi) is 2.41. The Hall–Kier alpha value is -2.49. The summed E-state index contributed by atoms with van der Waals surface area (Å²) >= 11 is 0. The lowest BCUT2D eigenvalue weighted by atomic mass is 10.1. The molecule has 2 heterocycles. The maximum atomic E-state index is 11.9. The second-order valence-electron chi connectivity index (χ2n) is 4.01. The summed E-state index contributed by atoms with van der Waals surface area (Å²) in [6.07, 6.45) is 3.28. The van der Waals surface area contributed by atoms with Gasteiger partial charge in [0.25, 0.3) is 0 Å². The average Bonchev–Trinajstić information content (AvgIpc) is 2.41. The van der Waals surface area contributed by atoms with Gasteiger partial charge in [-0.1, -0.05) is 12.1 Å². The molecule has 0 atom stereocenters. The maximum absolute atomic E-state index is 11.9. The van der Waals surface area contributed by atoms with Crippen molar-refractivity contribution in [2.75, 3.05) is 0 Å². The molecule has 88 valence electrons. The Morgan fingerprint density at radius 3 is 2.67 bits per heavy atom. The van der Waals surface area contributed by atoms with Gasteiger partial charge in [0.1, 0.15) is 0 Å². The number of para-hydroxylation sites is 1.